The molecule has 0 radical (unpaired) electrons. The molecule has 0 spiro atoms. The molecule has 226 valence electrons. The average Bonchev–Trinajstić information content (AvgIpc) is 2.96. The summed E-state index contributed by atoms with van der Waals surface area (Å²) in [5.74, 6) is 0.374. The van der Waals surface area contributed by atoms with Crippen LogP contribution in [-0.2, 0) is 26.2 Å². The Morgan fingerprint density at radius 1 is 0.881 bits per heavy atom. The molecule has 0 aliphatic carbocycles. The smallest absolute Gasteiger partial charge is 0.264 e. The summed E-state index contributed by atoms with van der Waals surface area (Å²) in [7, 11) is -2.60. The van der Waals surface area contributed by atoms with E-state index in [0.29, 0.717) is 30.2 Å². The highest BCUT2D eigenvalue weighted by Crippen LogP contribution is 2.26. The third kappa shape index (κ3) is 8.48. The molecule has 0 aromatic heterocycles. The molecule has 9 nitrogen and oxygen atoms in total. The number of para-hydroxylation sites is 1. The van der Waals surface area contributed by atoms with Gasteiger partial charge in [-0.25, -0.2) is 8.42 Å². The maximum absolute atomic E-state index is 14.1. The fraction of sp³-hybridized carbons (Fsp3) is 0.375. The topological polar surface area (TPSA) is 105 Å². The van der Waals surface area contributed by atoms with Crippen LogP contribution in [0.4, 0.5) is 5.69 Å². The van der Waals surface area contributed by atoms with Gasteiger partial charge in [0.05, 0.1) is 24.3 Å². The number of sulfonamides is 1. The minimum Gasteiger partial charge on any atom is -0.497 e. The molecule has 0 saturated heterocycles. The Bertz CT molecular complexity index is 1420. The van der Waals surface area contributed by atoms with Gasteiger partial charge in [0.1, 0.15) is 24.1 Å². The highest BCUT2D eigenvalue weighted by molar-refractivity contribution is 7.92. The van der Waals surface area contributed by atoms with Crippen LogP contribution in [0.5, 0.6) is 11.5 Å². The van der Waals surface area contributed by atoms with E-state index in [4.69, 9.17) is 9.47 Å². The number of carbonyl (C=O) groups is 2. The van der Waals surface area contributed by atoms with Gasteiger partial charge in [-0.1, -0.05) is 37.3 Å². The Labute approximate surface area is 249 Å². The van der Waals surface area contributed by atoms with Gasteiger partial charge < -0.3 is 19.7 Å². The van der Waals surface area contributed by atoms with Crippen molar-refractivity contribution >= 4 is 27.5 Å². The molecule has 0 aliphatic rings. The SMILES string of the molecule is CCOc1ccc(S(=O)(=O)N(CC(=O)N(Cc2ccc(OC)cc2)[C@@H](CC)C(=O)NC(C)(C)C)c2ccccc2)cc1. The Morgan fingerprint density at radius 2 is 1.48 bits per heavy atom. The molecule has 1 atom stereocenters. The highest BCUT2D eigenvalue weighted by Gasteiger charge is 2.34. The first-order valence-corrected chi connectivity index (χ1v) is 15.4. The van der Waals surface area contributed by atoms with Crippen LogP contribution >= 0.6 is 0 Å². The second-order valence-corrected chi connectivity index (χ2v) is 12.6. The van der Waals surface area contributed by atoms with Gasteiger partial charge in [0.15, 0.2) is 0 Å². The van der Waals surface area contributed by atoms with Crippen LogP contribution in [0.2, 0.25) is 0 Å². The second kappa shape index (κ2) is 14.2. The fourth-order valence-electron chi connectivity index (χ4n) is 4.42. The van der Waals surface area contributed by atoms with Crippen LogP contribution < -0.4 is 19.1 Å². The fourth-order valence-corrected chi connectivity index (χ4v) is 5.84. The Morgan fingerprint density at radius 3 is 2.00 bits per heavy atom. The predicted molar refractivity (Wildman–Crippen MR) is 164 cm³/mol. The van der Waals surface area contributed by atoms with Crippen molar-refractivity contribution in [2.24, 2.45) is 0 Å². The molecule has 2 amide bonds. The molecule has 42 heavy (non-hydrogen) atoms. The number of nitrogens with one attached hydrogen (secondary N) is 1. The summed E-state index contributed by atoms with van der Waals surface area (Å²) >= 11 is 0. The zero-order chi connectivity index (χ0) is 30.9. The molecule has 0 heterocycles. The highest BCUT2D eigenvalue weighted by atomic mass is 32.2. The number of ether oxygens (including phenoxy) is 2. The van der Waals surface area contributed by atoms with Crippen molar-refractivity contribution in [2.45, 2.75) is 64.1 Å². The monoisotopic (exact) mass is 595 g/mol. The van der Waals surface area contributed by atoms with Crippen LogP contribution in [0.1, 0.15) is 46.6 Å². The largest absolute Gasteiger partial charge is 0.497 e. The average molecular weight is 596 g/mol. The molecule has 0 aliphatic heterocycles. The molecular formula is C32H41N3O6S. The van der Waals surface area contributed by atoms with E-state index >= 15 is 0 Å². The summed E-state index contributed by atoms with van der Waals surface area (Å²) in [5, 5.41) is 2.97. The first kappa shape index (κ1) is 32.5. The lowest BCUT2D eigenvalue weighted by molar-refractivity contribution is -0.141. The minimum absolute atomic E-state index is 0.0156. The second-order valence-electron chi connectivity index (χ2n) is 10.8. The Balaban J connectivity index is 2.03. The van der Waals surface area contributed by atoms with Crippen molar-refractivity contribution in [3.8, 4) is 11.5 Å². The summed E-state index contributed by atoms with van der Waals surface area (Å²) in [4.78, 5) is 29.0. The lowest BCUT2D eigenvalue weighted by atomic mass is 10.1. The van der Waals surface area contributed by atoms with E-state index in [9.17, 15) is 18.0 Å². The zero-order valence-corrected chi connectivity index (χ0v) is 26.0. The molecule has 3 rings (SSSR count). The summed E-state index contributed by atoms with van der Waals surface area (Å²) in [6, 6.07) is 20.9. The van der Waals surface area contributed by atoms with Crippen molar-refractivity contribution in [3.63, 3.8) is 0 Å². The summed E-state index contributed by atoms with van der Waals surface area (Å²) in [5.41, 5.74) is 0.579. The normalized spacial score (nSPS) is 12.2. The molecule has 10 heteroatoms. The van der Waals surface area contributed by atoms with Gasteiger partial charge >= 0.3 is 0 Å². The molecular weight excluding hydrogens is 554 g/mol. The van der Waals surface area contributed by atoms with E-state index in [1.165, 1.54) is 17.0 Å². The standard InChI is InChI=1S/C32H41N3O6S/c1-7-29(31(37)33-32(3,4)5)34(22-24-14-16-26(40-6)17-15-24)30(36)23-35(25-12-10-9-11-13-25)42(38,39)28-20-18-27(19-21-28)41-8-2/h9-21,29H,7-8,22-23H2,1-6H3,(H,33,37)/t29-/m0/s1. The zero-order valence-electron chi connectivity index (χ0n) is 25.2. The number of benzene rings is 3. The Kier molecular flexibility index (Phi) is 11.0. The van der Waals surface area contributed by atoms with E-state index in [1.807, 2.05) is 46.8 Å². The predicted octanol–water partition coefficient (Wildman–Crippen LogP) is 5.01. The first-order chi connectivity index (χ1) is 19.9. The maximum atomic E-state index is 14.1. The Hall–Kier alpha value is -4.05. The van der Waals surface area contributed by atoms with Crippen LogP contribution in [-0.4, -0.2) is 57.0 Å². The van der Waals surface area contributed by atoms with E-state index in [0.717, 1.165) is 9.87 Å². The van der Waals surface area contributed by atoms with E-state index in [-0.39, 0.29) is 17.3 Å². The molecule has 0 saturated carbocycles. The minimum atomic E-state index is -4.16. The number of anilines is 1. The molecule has 3 aromatic rings. The van der Waals surface area contributed by atoms with Crippen LogP contribution in [0.15, 0.2) is 83.8 Å². The van der Waals surface area contributed by atoms with Crippen molar-refractivity contribution in [3.05, 3.63) is 84.4 Å². The van der Waals surface area contributed by atoms with E-state index < -0.39 is 34.1 Å². The summed E-state index contributed by atoms with van der Waals surface area (Å²) in [6.07, 6.45) is 0.334. The van der Waals surface area contributed by atoms with Gasteiger partial charge in [0, 0.05) is 12.1 Å². The molecule has 0 fully saturated rings. The van der Waals surface area contributed by atoms with Crippen molar-refractivity contribution in [2.75, 3.05) is 24.6 Å². The number of hydrogen-bond acceptors (Lipinski definition) is 6. The van der Waals surface area contributed by atoms with Crippen LogP contribution in [0.25, 0.3) is 0 Å². The van der Waals surface area contributed by atoms with Gasteiger partial charge in [-0.2, -0.15) is 0 Å². The van der Waals surface area contributed by atoms with Crippen molar-refractivity contribution in [1.29, 1.82) is 0 Å². The third-order valence-electron chi connectivity index (χ3n) is 6.44. The molecule has 3 aromatic carbocycles. The van der Waals surface area contributed by atoms with Gasteiger partial charge in [-0.3, -0.25) is 13.9 Å². The van der Waals surface area contributed by atoms with Crippen LogP contribution in [0, 0.1) is 0 Å². The maximum Gasteiger partial charge on any atom is 0.264 e. The molecule has 0 unspecified atom stereocenters. The number of amides is 2. The van der Waals surface area contributed by atoms with E-state index in [2.05, 4.69) is 5.32 Å². The quantitative estimate of drug-likeness (QED) is 0.298. The van der Waals surface area contributed by atoms with Gasteiger partial charge in [-0.15, -0.1) is 0 Å². The van der Waals surface area contributed by atoms with Crippen LogP contribution in [0.3, 0.4) is 0 Å². The van der Waals surface area contributed by atoms with Gasteiger partial charge in [0.2, 0.25) is 11.8 Å². The van der Waals surface area contributed by atoms with E-state index in [1.54, 1.807) is 61.7 Å². The number of methoxy groups -OCH3 is 1. The number of rotatable bonds is 13. The molecule has 0 bridgehead atoms. The lowest BCUT2D eigenvalue weighted by Crippen LogP contribution is -2.55. The first-order valence-electron chi connectivity index (χ1n) is 13.9. The molecule has 1 N–H and O–H groups in total. The third-order valence-corrected chi connectivity index (χ3v) is 8.23. The van der Waals surface area contributed by atoms with Gasteiger partial charge in [-0.05, 0) is 88.2 Å². The van der Waals surface area contributed by atoms with Crippen molar-refractivity contribution < 1.29 is 27.5 Å². The van der Waals surface area contributed by atoms with Gasteiger partial charge in [0.25, 0.3) is 10.0 Å². The lowest BCUT2D eigenvalue weighted by Gasteiger charge is -2.34. The summed E-state index contributed by atoms with van der Waals surface area (Å²) < 4.78 is 39.8. The number of hydrogen-bond donors (Lipinski definition) is 1. The number of carbonyl (C=O) groups excluding carboxylic acids is 2. The van der Waals surface area contributed by atoms with Crippen molar-refractivity contribution in [1.82, 2.24) is 10.2 Å². The summed E-state index contributed by atoms with van der Waals surface area (Å²) in [6.45, 7) is 9.32. The number of nitrogens with zero attached hydrogens (tertiary/aromatic N) is 2.